The third kappa shape index (κ3) is 5.20. The Labute approximate surface area is 205 Å². The molecule has 1 atom stereocenters. The van der Waals surface area contributed by atoms with Crippen LogP contribution in [0.1, 0.15) is 21.9 Å². The highest BCUT2D eigenvalue weighted by molar-refractivity contribution is 7.10. The van der Waals surface area contributed by atoms with Crippen LogP contribution in [-0.4, -0.2) is 52.8 Å². The van der Waals surface area contributed by atoms with Crippen LogP contribution in [-0.2, 0) is 4.79 Å². The molecule has 0 saturated carbocycles. The first-order valence-corrected chi connectivity index (χ1v) is 11.0. The lowest BCUT2D eigenvalue weighted by molar-refractivity contribution is -0.274. The Hall–Kier alpha value is -4.25. The summed E-state index contributed by atoms with van der Waals surface area (Å²) in [7, 11) is 1.22. The lowest BCUT2D eigenvalue weighted by Gasteiger charge is -2.28. The number of halogens is 4. The molecule has 1 unspecified atom stereocenters. The molecule has 1 aliphatic heterocycles. The summed E-state index contributed by atoms with van der Waals surface area (Å²) in [5.41, 5.74) is -0.229. The number of anilines is 2. The summed E-state index contributed by atoms with van der Waals surface area (Å²) in [6.45, 7) is 0.0570. The van der Waals surface area contributed by atoms with Gasteiger partial charge in [-0.2, -0.15) is 0 Å². The van der Waals surface area contributed by atoms with Gasteiger partial charge in [-0.25, -0.2) is 19.3 Å². The quantitative estimate of drug-likeness (QED) is 0.362. The Morgan fingerprint density at radius 2 is 1.94 bits per heavy atom. The number of carbonyl (C=O) groups excluding carboxylic acids is 2. The maximum absolute atomic E-state index is 13.5. The van der Waals surface area contributed by atoms with E-state index in [0.717, 1.165) is 45.7 Å². The molecule has 3 heterocycles. The molecule has 4 rings (SSSR count). The normalized spacial score (nSPS) is 15.5. The van der Waals surface area contributed by atoms with Gasteiger partial charge in [-0.1, -0.05) is 0 Å². The first kappa shape index (κ1) is 24.9. The van der Waals surface area contributed by atoms with E-state index in [0.29, 0.717) is 0 Å². The van der Waals surface area contributed by atoms with Crippen LogP contribution in [0.2, 0.25) is 0 Å². The number of rotatable bonds is 6. The molecule has 0 aliphatic carbocycles. The first-order chi connectivity index (χ1) is 17.1. The number of amides is 2. The number of methoxy groups -OCH3 is 1. The van der Waals surface area contributed by atoms with Crippen LogP contribution in [0.3, 0.4) is 0 Å². The highest BCUT2D eigenvalue weighted by Crippen LogP contribution is 2.35. The van der Waals surface area contributed by atoms with E-state index in [1.165, 1.54) is 18.6 Å². The maximum Gasteiger partial charge on any atom is 0.573 e. The third-order valence-electron chi connectivity index (χ3n) is 5.01. The second-order valence-corrected chi connectivity index (χ2v) is 8.13. The van der Waals surface area contributed by atoms with Gasteiger partial charge in [-0.05, 0) is 12.3 Å². The summed E-state index contributed by atoms with van der Waals surface area (Å²) in [6.07, 6.45) is 2.14. The molecule has 3 aromatic rings. The molecule has 186 valence electrons. The molecule has 0 radical (unpaired) electrons. The number of carbonyl (C=O) groups is 2. The molecule has 0 bridgehead atoms. The van der Waals surface area contributed by atoms with E-state index in [1.807, 2.05) is 0 Å². The van der Waals surface area contributed by atoms with Crippen LogP contribution in [0.15, 0.2) is 36.0 Å². The van der Waals surface area contributed by atoms with Crippen molar-refractivity contribution in [3.63, 3.8) is 0 Å². The average molecular weight is 521 g/mol. The van der Waals surface area contributed by atoms with Crippen LogP contribution in [0, 0.1) is 18.2 Å². The van der Waals surface area contributed by atoms with E-state index in [-0.39, 0.29) is 41.1 Å². The fourth-order valence-corrected chi connectivity index (χ4v) is 4.15. The van der Waals surface area contributed by atoms with Gasteiger partial charge in [0, 0.05) is 30.1 Å². The zero-order valence-electron chi connectivity index (χ0n) is 18.3. The Kier molecular flexibility index (Phi) is 6.75. The molecule has 1 fully saturated rings. The van der Waals surface area contributed by atoms with E-state index >= 15 is 0 Å². The topological polar surface area (TPSA) is 97.8 Å². The SMILES string of the molecule is C#Cc1nc(C(=O)N(c2cc(OC)cc(OC(F)(F)F)c2)C2CCN(c3ncc(F)cn3)C2=O)cs1. The molecule has 1 aromatic carbocycles. The van der Waals surface area contributed by atoms with Gasteiger partial charge in [0.25, 0.3) is 11.8 Å². The van der Waals surface area contributed by atoms with Gasteiger partial charge in [0.05, 0.1) is 25.2 Å². The van der Waals surface area contributed by atoms with E-state index in [2.05, 4.69) is 25.6 Å². The van der Waals surface area contributed by atoms with Crippen molar-refractivity contribution < 1.29 is 36.6 Å². The van der Waals surface area contributed by atoms with Crippen LogP contribution < -0.4 is 19.3 Å². The van der Waals surface area contributed by atoms with Gasteiger partial charge in [-0.15, -0.1) is 30.9 Å². The fraction of sp³-hybridized carbons (Fsp3) is 0.227. The molecular weight excluding hydrogens is 506 g/mol. The van der Waals surface area contributed by atoms with Crippen LogP contribution >= 0.6 is 11.3 Å². The van der Waals surface area contributed by atoms with Crippen molar-refractivity contribution in [1.29, 1.82) is 0 Å². The van der Waals surface area contributed by atoms with Gasteiger partial charge >= 0.3 is 6.36 Å². The smallest absolute Gasteiger partial charge is 0.497 e. The van der Waals surface area contributed by atoms with E-state index in [9.17, 15) is 27.2 Å². The maximum atomic E-state index is 13.5. The highest BCUT2D eigenvalue weighted by atomic mass is 32.1. The van der Waals surface area contributed by atoms with Gasteiger partial charge in [0.1, 0.15) is 23.2 Å². The molecule has 2 aromatic heterocycles. The predicted molar refractivity (Wildman–Crippen MR) is 119 cm³/mol. The van der Waals surface area contributed by atoms with Crippen molar-refractivity contribution in [2.75, 3.05) is 23.5 Å². The second-order valence-electron chi connectivity index (χ2n) is 7.27. The van der Waals surface area contributed by atoms with Crippen LogP contribution in [0.25, 0.3) is 0 Å². The lowest BCUT2D eigenvalue weighted by atomic mass is 10.1. The summed E-state index contributed by atoms with van der Waals surface area (Å²) >= 11 is 1.01. The van der Waals surface area contributed by atoms with Crippen molar-refractivity contribution in [2.45, 2.75) is 18.8 Å². The number of aromatic nitrogens is 3. The van der Waals surface area contributed by atoms with Crippen molar-refractivity contribution in [2.24, 2.45) is 0 Å². The standard InChI is InChI=1S/C22H15F4N5O4S/c1-3-18-29-16(11-36-18)19(32)31(13-6-14(34-2)8-15(7-13)35-22(24,25)26)17-4-5-30(20(17)33)21-27-9-12(23)10-28-21/h1,6-11,17H,4-5H2,2H3. The molecule has 0 spiro atoms. The molecule has 1 aliphatic rings. The fourth-order valence-electron chi connectivity index (χ4n) is 3.55. The lowest BCUT2D eigenvalue weighted by Crippen LogP contribution is -2.46. The predicted octanol–water partition coefficient (Wildman–Crippen LogP) is 3.41. The number of hydrogen-bond donors (Lipinski definition) is 0. The molecular formula is C22H15F4N5O4S. The zero-order valence-corrected chi connectivity index (χ0v) is 19.1. The van der Waals surface area contributed by atoms with Crippen molar-refractivity contribution >= 4 is 34.8 Å². The minimum absolute atomic E-state index is 0.0570. The number of thiazole rings is 1. The van der Waals surface area contributed by atoms with Gasteiger partial charge in [-0.3, -0.25) is 19.4 Å². The van der Waals surface area contributed by atoms with Crippen molar-refractivity contribution in [3.8, 4) is 23.8 Å². The molecule has 2 amide bonds. The molecule has 1 saturated heterocycles. The number of nitrogens with zero attached hydrogens (tertiary/aromatic N) is 5. The summed E-state index contributed by atoms with van der Waals surface area (Å²) in [4.78, 5) is 40.6. The molecule has 14 heteroatoms. The first-order valence-electron chi connectivity index (χ1n) is 10.1. The van der Waals surface area contributed by atoms with E-state index < -0.39 is 35.8 Å². The number of benzene rings is 1. The van der Waals surface area contributed by atoms with Crippen molar-refractivity contribution in [3.05, 3.63) is 52.5 Å². The zero-order chi connectivity index (χ0) is 26.0. The van der Waals surface area contributed by atoms with E-state index in [4.69, 9.17) is 11.2 Å². The minimum Gasteiger partial charge on any atom is -0.497 e. The molecule has 0 N–H and O–H groups in total. The monoisotopic (exact) mass is 521 g/mol. The molecule has 9 nitrogen and oxygen atoms in total. The highest BCUT2D eigenvalue weighted by Gasteiger charge is 2.42. The largest absolute Gasteiger partial charge is 0.573 e. The summed E-state index contributed by atoms with van der Waals surface area (Å²) < 4.78 is 61.1. The van der Waals surface area contributed by atoms with Gasteiger partial charge in [0.15, 0.2) is 10.8 Å². The summed E-state index contributed by atoms with van der Waals surface area (Å²) in [5.74, 6) is -0.657. The summed E-state index contributed by atoms with van der Waals surface area (Å²) in [5, 5.41) is 1.57. The number of alkyl halides is 3. The van der Waals surface area contributed by atoms with Gasteiger partial charge in [0.2, 0.25) is 5.95 Å². The van der Waals surface area contributed by atoms with E-state index in [1.54, 1.807) is 0 Å². The van der Waals surface area contributed by atoms with Crippen LogP contribution in [0.5, 0.6) is 11.5 Å². The number of hydrogen-bond acceptors (Lipinski definition) is 8. The van der Waals surface area contributed by atoms with Crippen LogP contribution in [0.4, 0.5) is 29.2 Å². The average Bonchev–Trinajstić information content (AvgIpc) is 3.46. The van der Waals surface area contributed by atoms with Gasteiger partial charge < -0.3 is 9.47 Å². The second kappa shape index (κ2) is 9.78. The van der Waals surface area contributed by atoms with Crippen molar-refractivity contribution in [1.82, 2.24) is 15.0 Å². The molecule has 36 heavy (non-hydrogen) atoms. The Morgan fingerprint density at radius 1 is 1.25 bits per heavy atom. The Balaban J connectivity index is 1.78. The Morgan fingerprint density at radius 3 is 2.56 bits per heavy atom. The number of terminal acetylenes is 1. The Bertz CT molecular complexity index is 1340. The minimum atomic E-state index is -5.02. The summed E-state index contributed by atoms with van der Waals surface area (Å²) in [6, 6.07) is 2.02. The number of ether oxygens (including phenoxy) is 2. The third-order valence-corrected chi connectivity index (χ3v) is 5.79.